The fraction of sp³-hybridized carbons (Fsp3) is 1.00. The van der Waals surface area contributed by atoms with Crippen molar-refractivity contribution in [1.82, 2.24) is 4.90 Å². The lowest BCUT2D eigenvalue weighted by molar-refractivity contribution is -0.0557. The van der Waals surface area contributed by atoms with E-state index in [9.17, 15) is 0 Å². The molecule has 0 spiro atoms. The quantitative estimate of drug-likeness (QED) is 0.622. The van der Waals surface area contributed by atoms with Gasteiger partial charge in [0.2, 0.25) is 0 Å². The van der Waals surface area contributed by atoms with Crippen LogP contribution in [0.15, 0.2) is 0 Å². The van der Waals surface area contributed by atoms with Crippen molar-refractivity contribution >= 4 is 0 Å². The smallest absolute Gasteiger partial charge is 0.0645 e. The molecule has 0 radical (unpaired) electrons. The fourth-order valence-corrected chi connectivity index (χ4v) is 1.01. The molecule has 0 aromatic rings. The van der Waals surface area contributed by atoms with Gasteiger partial charge in [-0.1, -0.05) is 20.8 Å². The first-order chi connectivity index (χ1) is 5.34. The minimum atomic E-state index is 0.713. The Morgan fingerprint density at radius 1 is 1.36 bits per heavy atom. The van der Waals surface area contributed by atoms with Crippen molar-refractivity contribution in [1.29, 1.82) is 0 Å². The fourth-order valence-electron chi connectivity index (χ4n) is 1.01. The molecule has 2 heteroatoms. The normalized spacial score (nSPS) is 17.2. The van der Waals surface area contributed by atoms with E-state index in [1.807, 2.05) is 13.8 Å². The molecule has 0 amide bonds. The number of likely N-dealkylation sites (N-methyl/N-ethyl adjacent to an activating group) is 1. The highest BCUT2D eigenvalue weighted by Crippen LogP contribution is 2.07. The second kappa shape index (κ2) is 6.62. The molecule has 1 rings (SSSR count). The van der Waals surface area contributed by atoms with Crippen LogP contribution in [0.3, 0.4) is 0 Å². The van der Waals surface area contributed by atoms with Gasteiger partial charge in [-0.25, -0.2) is 0 Å². The van der Waals surface area contributed by atoms with Gasteiger partial charge in [0, 0.05) is 0 Å². The molecular weight excluding hydrogens is 138 g/mol. The number of hydrogen-bond donors (Lipinski definition) is 0. The number of nitrogens with zero attached hydrogens (tertiary/aromatic N) is 1. The highest BCUT2D eigenvalue weighted by atomic mass is 16.5. The molecule has 0 unspecified atom stereocenters. The lowest BCUT2D eigenvalue weighted by Gasteiger charge is -2.34. The van der Waals surface area contributed by atoms with Crippen molar-refractivity contribution in [3.05, 3.63) is 0 Å². The topological polar surface area (TPSA) is 12.5 Å². The van der Waals surface area contributed by atoms with Crippen molar-refractivity contribution in [2.24, 2.45) is 0 Å². The van der Waals surface area contributed by atoms with E-state index in [1.54, 1.807) is 0 Å². The summed E-state index contributed by atoms with van der Waals surface area (Å²) < 4.78 is 5.06. The van der Waals surface area contributed by atoms with E-state index in [2.05, 4.69) is 18.9 Å². The summed E-state index contributed by atoms with van der Waals surface area (Å²) in [7, 11) is 2.16. The maximum Gasteiger partial charge on any atom is 0.0645 e. The van der Waals surface area contributed by atoms with Gasteiger partial charge in [0.25, 0.3) is 0 Å². The SMILES string of the molecule is CC.CCCN(C)C1COC1. The van der Waals surface area contributed by atoms with Gasteiger partial charge in [-0.3, -0.25) is 4.90 Å². The molecular formula is C9H21NO. The molecule has 1 aliphatic rings. The van der Waals surface area contributed by atoms with Crippen molar-refractivity contribution in [2.45, 2.75) is 33.2 Å². The summed E-state index contributed by atoms with van der Waals surface area (Å²) in [6.45, 7) is 9.29. The zero-order valence-electron chi connectivity index (χ0n) is 8.26. The molecule has 68 valence electrons. The molecule has 0 aromatic carbocycles. The Labute approximate surface area is 70.5 Å². The summed E-state index contributed by atoms with van der Waals surface area (Å²) >= 11 is 0. The predicted molar refractivity (Wildman–Crippen MR) is 48.9 cm³/mol. The molecule has 2 nitrogen and oxygen atoms in total. The molecule has 0 bridgehead atoms. The average molecular weight is 159 g/mol. The summed E-state index contributed by atoms with van der Waals surface area (Å²) in [5.41, 5.74) is 0. The Kier molecular flexibility index (Phi) is 6.57. The summed E-state index contributed by atoms with van der Waals surface area (Å²) in [6.07, 6.45) is 1.24. The molecule has 0 aromatic heterocycles. The van der Waals surface area contributed by atoms with E-state index < -0.39 is 0 Å². The molecule has 1 saturated heterocycles. The van der Waals surface area contributed by atoms with E-state index >= 15 is 0 Å². The summed E-state index contributed by atoms with van der Waals surface area (Å²) in [5, 5.41) is 0. The molecule has 0 atom stereocenters. The first kappa shape index (κ1) is 10.9. The second-order valence-corrected chi connectivity index (χ2v) is 2.67. The van der Waals surface area contributed by atoms with Crippen LogP contribution in [-0.4, -0.2) is 37.7 Å². The van der Waals surface area contributed by atoms with Crippen LogP contribution in [0, 0.1) is 0 Å². The van der Waals surface area contributed by atoms with Crippen LogP contribution in [0.2, 0.25) is 0 Å². The first-order valence-electron chi connectivity index (χ1n) is 4.62. The number of rotatable bonds is 3. The Morgan fingerprint density at radius 2 is 1.91 bits per heavy atom. The van der Waals surface area contributed by atoms with Crippen LogP contribution in [-0.2, 0) is 4.74 Å². The van der Waals surface area contributed by atoms with E-state index in [-0.39, 0.29) is 0 Å². The highest BCUT2D eigenvalue weighted by Gasteiger charge is 2.21. The van der Waals surface area contributed by atoms with Gasteiger partial charge in [0.05, 0.1) is 19.3 Å². The van der Waals surface area contributed by atoms with Crippen LogP contribution in [0.25, 0.3) is 0 Å². The van der Waals surface area contributed by atoms with Crippen LogP contribution in [0.4, 0.5) is 0 Å². The van der Waals surface area contributed by atoms with Crippen molar-refractivity contribution < 1.29 is 4.74 Å². The van der Waals surface area contributed by atoms with Crippen molar-refractivity contribution in [2.75, 3.05) is 26.8 Å². The van der Waals surface area contributed by atoms with Crippen LogP contribution >= 0.6 is 0 Å². The highest BCUT2D eigenvalue weighted by molar-refractivity contribution is 4.73. The molecule has 0 saturated carbocycles. The van der Waals surface area contributed by atoms with Gasteiger partial charge in [-0.15, -0.1) is 0 Å². The monoisotopic (exact) mass is 159 g/mol. The minimum absolute atomic E-state index is 0.713. The second-order valence-electron chi connectivity index (χ2n) is 2.67. The molecule has 0 N–H and O–H groups in total. The van der Waals surface area contributed by atoms with Crippen LogP contribution in [0.1, 0.15) is 27.2 Å². The third kappa shape index (κ3) is 3.73. The lowest BCUT2D eigenvalue weighted by atomic mass is 10.2. The third-order valence-corrected chi connectivity index (χ3v) is 1.82. The zero-order valence-corrected chi connectivity index (χ0v) is 8.26. The summed E-state index contributed by atoms with van der Waals surface area (Å²) in [4.78, 5) is 2.36. The van der Waals surface area contributed by atoms with Gasteiger partial charge in [-0.05, 0) is 20.0 Å². The van der Waals surface area contributed by atoms with Crippen molar-refractivity contribution in [3.8, 4) is 0 Å². The molecule has 0 aliphatic carbocycles. The third-order valence-electron chi connectivity index (χ3n) is 1.82. The molecule has 11 heavy (non-hydrogen) atoms. The van der Waals surface area contributed by atoms with Gasteiger partial charge in [0.1, 0.15) is 0 Å². The van der Waals surface area contributed by atoms with Crippen LogP contribution in [0.5, 0.6) is 0 Å². The van der Waals surface area contributed by atoms with Gasteiger partial charge in [-0.2, -0.15) is 0 Å². The van der Waals surface area contributed by atoms with Crippen molar-refractivity contribution in [3.63, 3.8) is 0 Å². The Bertz CT molecular complexity index is 81.6. The summed E-state index contributed by atoms with van der Waals surface area (Å²) in [6, 6.07) is 0.713. The molecule has 1 aliphatic heterocycles. The Hall–Kier alpha value is -0.0800. The van der Waals surface area contributed by atoms with E-state index in [0.717, 1.165) is 13.2 Å². The lowest BCUT2D eigenvalue weighted by Crippen LogP contribution is -2.47. The standard InChI is InChI=1S/C7H15NO.C2H6/c1-3-4-8(2)7-5-9-6-7;1-2/h7H,3-6H2,1-2H3;1-2H3. The van der Waals surface area contributed by atoms with E-state index in [4.69, 9.17) is 4.74 Å². The average Bonchev–Trinajstić information content (AvgIpc) is 1.89. The molecule has 1 fully saturated rings. The largest absolute Gasteiger partial charge is 0.378 e. The van der Waals surface area contributed by atoms with Gasteiger partial charge >= 0.3 is 0 Å². The van der Waals surface area contributed by atoms with Gasteiger partial charge < -0.3 is 4.74 Å². The Balaban J connectivity index is 0.000000461. The number of ether oxygens (including phenoxy) is 1. The van der Waals surface area contributed by atoms with Gasteiger partial charge in [0.15, 0.2) is 0 Å². The molecule has 1 heterocycles. The maximum absolute atomic E-state index is 5.06. The first-order valence-corrected chi connectivity index (χ1v) is 4.62. The maximum atomic E-state index is 5.06. The van der Waals surface area contributed by atoms with E-state index in [0.29, 0.717) is 6.04 Å². The Morgan fingerprint density at radius 3 is 2.18 bits per heavy atom. The zero-order chi connectivity index (χ0) is 8.69. The van der Waals surface area contributed by atoms with E-state index in [1.165, 1.54) is 13.0 Å². The van der Waals surface area contributed by atoms with Crippen LogP contribution < -0.4 is 0 Å². The minimum Gasteiger partial charge on any atom is -0.378 e. The number of hydrogen-bond acceptors (Lipinski definition) is 2. The summed E-state index contributed by atoms with van der Waals surface area (Å²) in [5.74, 6) is 0. The predicted octanol–water partition coefficient (Wildman–Crippen LogP) is 1.75.